The van der Waals surface area contributed by atoms with Gasteiger partial charge in [0, 0.05) is 17.7 Å². The van der Waals surface area contributed by atoms with Gasteiger partial charge in [-0.1, -0.05) is 13.8 Å². The summed E-state index contributed by atoms with van der Waals surface area (Å²) < 4.78 is 16.3. The average Bonchev–Trinajstić information content (AvgIpc) is 2.55. The summed E-state index contributed by atoms with van der Waals surface area (Å²) in [6.07, 6.45) is 1.67. The average molecular weight is 332 g/mol. The van der Waals surface area contributed by atoms with Crippen molar-refractivity contribution in [3.8, 4) is 17.2 Å². The molecule has 1 heterocycles. The Hall–Kier alpha value is -2.70. The number of benzene rings is 1. The molecule has 130 valence electrons. The van der Waals surface area contributed by atoms with Crippen LogP contribution < -0.4 is 25.7 Å². The number of hydrogen-bond acceptors (Lipinski definition) is 7. The van der Waals surface area contributed by atoms with Crippen LogP contribution in [0.3, 0.4) is 0 Å². The van der Waals surface area contributed by atoms with Gasteiger partial charge in [-0.05, 0) is 23.6 Å². The van der Waals surface area contributed by atoms with Gasteiger partial charge in [0.05, 0.1) is 21.3 Å². The monoisotopic (exact) mass is 332 g/mol. The molecule has 0 spiro atoms. The summed E-state index contributed by atoms with van der Waals surface area (Å²) in [7, 11) is 4.75. The quantitative estimate of drug-likeness (QED) is 0.837. The van der Waals surface area contributed by atoms with E-state index in [0.29, 0.717) is 23.1 Å². The number of anilines is 2. The molecular formula is C17H24N4O3. The highest BCUT2D eigenvalue weighted by atomic mass is 16.5. The van der Waals surface area contributed by atoms with Gasteiger partial charge < -0.3 is 25.7 Å². The van der Waals surface area contributed by atoms with E-state index in [-0.39, 0.29) is 17.8 Å². The zero-order valence-corrected chi connectivity index (χ0v) is 14.7. The van der Waals surface area contributed by atoms with Gasteiger partial charge in [0.2, 0.25) is 11.7 Å². The van der Waals surface area contributed by atoms with Crippen LogP contribution in [-0.2, 0) is 0 Å². The van der Waals surface area contributed by atoms with E-state index in [9.17, 15) is 0 Å². The van der Waals surface area contributed by atoms with Crippen LogP contribution in [0.25, 0.3) is 0 Å². The third-order valence-electron chi connectivity index (χ3n) is 3.91. The molecule has 2 aromatic rings. The summed E-state index contributed by atoms with van der Waals surface area (Å²) in [6.45, 7) is 4.20. The van der Waals surface area contributed by atoms with Crippen LogP contribution in [0.5, 0.6) is 17.2 Å². The van der Waals surface area contributed by atoms with E-state index in [4.69, 9.17) is 25.7 Å². The first kappa shape index (κ1) is 17.7. The van der Waals surface area contributed by atoms with Gasteiger partial charge in [0.1, 0.15) is 5.82 Å². The number of rotatable bonds is 6. The fraction of sp³-hybridized carbons (Fsp3) is 0.412. The second-order valence-electron chi connectivity index (χ2n) is 5.75. The van der Waals surface area contributed by atoms with Crippen molar-refractivity contribution in [3.05, 3.63) is 29.5 Å². The molecule has 0 saturated heterocycles. The number of aromatic nitrogens is 2. The molecular weight excluding hydrogens is 308 g/mol. The predicted molar refractivity (Wildman–Crippen MR) is 93.6 cm³/mol. The predicted octanol–water partition coefficient (Wildman–Crippen LogP) is 2.45. The third-order valence-corrected chi connectivity index (χ3v) is 3.91. The Kier molecular flexibility index (Phi) is 5.33. The molecule has 4 N–H and O–H groups in total. The number of nitrogens with zero attached hydrogens (tertiary/aromatic N) is 2. The molecule has 0 aliphatic carbocycles. The molecule has 1 unspecified atom stereocenters. The van der Waals surface area contributed by atoms with Crippen molar-refractivity contribution in [2.45, 2.75) is 19.8 Å². The van der Waals surface area contributed by atoms with Crippen LogP contribution in [0.2, 0.25) is 0 Å². The van der Waals surface area contributed by atoms with E-state index in [1.165, 1.54) is 0 Å². The van der Waals surface area contributed by atoms with Gasteiger partial charge in [-0.25, -0.2) is 4.98 Å². The summed E-state index contributed by atoms with van der Waals surface area (Å²) >= 11 is 0. The highest BCUT2D eigenvalue weighted by Crippen LogP contribution is 2.43. The summed E-state index contributed by atoms with van der Waals surface area (Å²) in [5.41, 5.74) is 13.5. The fourth-order valence-electron chi connectivity index (χ4n) is 2.86. The Morgan fingerprint density at radius 1 is 0.958 bits per heavy atom. The molecule has 0 aliphatic heterocycles. The van der Waals surface area contributed by atoms with Gasteiger partial charge in [-0.3, -0.25) is 0 Å². The molecule has 1 atom stereocenters. The van der Waals surface area contributed by atoms with Crippen LogP contribution in [0.15, 0.2) is 18.3 Å². The van der Waals surface area contributed by atoms with Crippen LogP contribution >= 0.6 is 0 Å². The highest BCUT2D eigenvalue weighted by molar-refractivity contribution is 5.57. The lowest BCUT2D eigenvalue weighted by Gasteiger charge is -2.24. The van der Waals surface area contributed by atoms with E-state index in [2.05, 4.69) is 23.8 Å². The smallest absolute Gasteiger partial charge is 0.221 e. The van der Waals surface area contributed by atoms with E-state index in [0.717, 1.165) is 11.1 Å². The molecule has 0 fully saturated rings. The third kappa shape index (κ3) is 3.29. The van der Waals surface area contributed by atoms with E-state index >= 15 is 0 Å². The van der Waals surface area contributed by atoms with Crippen molar-refractivity contribution in [3.63, 3.8) is 0 Å². The lowest BCUT2D eigenvalue weighted by atomic mass is 9.83. The van der Waals surface area contributed by atoms with Crippen molar-refractivity contribution in [2.24, 2.45) is 5.92 Å². The van der Waals surface area contributed by atoms with Crippen LogP contribution in [-0.4, -0.2) is 31.3 Å². The fourth-order valence-corrected chi connectivity index (χ4v) is 2.86. The van der Waals surface area contributed by atoms with Gasteiger partial charge in [0.15, 0.2) is 11.5 Å². The zero-order valence-electron chi connectivity index (χ0n) is 14.7. The molecule has 0 amide bonds. The van der Waals surface area contributed by atoms with Gasteiger partial charge in [0.25, 0.3) is 0 Å². The first-order chi connectivity index (χ1) is 11.4. The Morgan fingerprint density at radius 3 is 1.96 bits per heavy atom. The van der Waals surface area contributed by atoms with Gasteiger partial charge in [-0.2, -0.15) is 4.98 Å². The number of methoxy groups -OCH3 is 3. The Labute approximate surface area is 142 Å². The molecule has 2 rings (SSSR count). The minimum atomic E-state index is -0.0423. The molecule has 1 aromatic carbocycles. The van der Waals surface area contributed by atoms with Gasteiger partial charge >= 0.3 is 0 Å². The number of nitrogen functional groups attached to an aromatic ring is 2. The largest absolute Gasteiger partial charge is 0.493 e. The topological polar surface area (TPSA) is 106 Å². The van der Waals surface area contributed by atoms with Crippen LogP contribution in [0, 0.1) is 5.92 Å². The molecule has 7 nitrogen and oxygen atoms in total. The summed E-state index contributed by atoms with van der Waals surface area (Å²) in [6, 6.07) is 3.84. The van der Waals surface area contributed by atoms with Crippen molar-refractivity contribution < 1.29 is 14.2 Å². The second-order valence-corrected chi connectivity index (χ2v) is 5.75. The second kappa shape index (κ2) is 7.25. The molecule has 7 heteroatoms. The molecule has 1 aromatic heterocycles. The summed E-state index contributed by atoms with van der Waals surface area (Å²) in [5, 5.41) is 0. The molecule has 0 aliphatic rings. The Morgan fingerprint density at radius 2 is 1.54 bits per heavy atom. The number of hydrogen-bond donors (Lipinski definition) is 2. The van der Waals surface area contributed by atoms with E-state index in [1.807, 2.05) is 12.1 Å². The van der Waals surface area contributed by atoms with Crippen molar-refractivity contribution in [1.82, 2.24) is 9.97 Å². The summed E-state index contributed by atoms with van der Waals surface area (Å²) in [5.74, 6) is 2.45. The summed E-state index contributed by atoms with van der Waals surface area (Å²) in [4.78, 5) is 8.17. The SMILES string of the molecule is COc1cc(C(c2cnc(N)nc2N)C(C)C)cc(OC)c1OC. The maximum Gasteiger partial charge on any atom is 0.221 e. The van der Waals surface area contributed by atoms with Crippen LogP contribution in [0.1, 0.15) is 30.9 Å². The van der Waals surface area contributed by atoms with E-state index in [1.54, 1.807) is 27.5 Å². The molecule has 0 saturated carbocycles. The maximum atomic E-state index is 6.08. The first-order valence-electron chi connectivity index (χ1n) is 7.60. The minimum Gasteiger partial charge on any atom is -0.493 e. The van der Waals surface area contributed by atoms with E-state index < -0.39 is 0 Å². The standard InChI is InChI=1S/C17H24N4O3/c1-9(2)14(11-8-20-17(19)21-16(11)18)10-6-12(22-3)15(24-5)13(7-10)23-4/h6-9,14H,1-5H3,(H4,18,19,20,21). The minimum absolute atomic E-state index is 0.0423. The van der Waals surface area contributed by atoms with Crippen molar-refractivity contribution >= 4 is 11.8 Å². The lowest BCUT2D eigenvalue weighted by molar-refractivity contribution is 0.323. The van der Waals surface area contributed by atoms with Gasteiger partial charge in [-0.15, -0.1) is 0 Å². The number of nitrogens with two attached hydrogens (primary N) is 2. The van der Waals surface area contributed by atoms with Crippen molar-refractivity contribution in [2.75, 3.05) is 32.8 Å². The van der Waals surface area contributed by atoms with Crippen molar-refractivity contribution in [1.29, 1.82) is 0 Å². The lowest BCUT2D eigenvalue weighted by Crippen LogP contribution is -2.14. The number of ether oxygens (including phenoxy) is 3. The highest BCUT2D eigenvalue weighted by Gasteiger charge is 2.25. The van der Waals surface area contributed by atoms with Crippen LogP contribution in [0.4, 0.5) is 11.8 Å². The Balaban J connectivity index is 2.64. The maximum absolute atomic E-state index is 6.08. The molecule has 24 heavy (non-hydrogen) atoms. The zero-order chi connectivity index (χ0) is 17.9. The Bertz CT molecular complexity index is 694. The normalized spacial score (nSPS) is 12.1. The molecule has 0 bridgehead atoms. The first-order valence-corrected chi connectivity index (χ1v) is 7.60. The molecule has 0 radical (unpaired) electrons.